The topological polar surface area (TPSA) is 85.8 Å². The molecule has 0 radical (unpaired) electrons. The summed E-state index contributed by atoms with van der Waals surface area (Å²) in [4.78, 5) is 12.0. The summed E-state index contributed by atoms with van der Waals surface area (Å²) in [6.07, 6.45) is 0.197. The van der Waals surface area contributed by atoms with Crippen molar-refractivity contribution in [2.24, 2.45) is 5.73 Å². The highest BCUT2D eigenvalue weighted by Crippen LogP contribution is 2.12. The Hall–Kier alpha value is -1.92. The molecule has 0 saturated carbocycles. The Morgan fingerprint density at radius 1 is 1.32 bits per heavy atom. The summed E-state index contributed by atoms with van der Waals surface area (Å²) >= 11 is 0. The molecule has 6 nitrogen and oxygen atoms in total. The number of nitrogens with one attached hydrogen (secondary N) is 1. The van der Waals surface area contributed by atoms with Gasteiger partial charge >= 0.3 is 0 Å². The van der Waals surface area contributed by atoms with Crippen LogP contribution in [0, 0.1) is 6.92 Å². The Kier molecular flexibility index (Phi) is 6.08. The van der Waals surface area contributed by atoms with E-state index in [0.29, 0.717) is 12.2 Å². The van der Waals surface area contributed by atoms with Crippen molar-refractivity contribution in [2.75, 3.05) is 6.54 Å². The molecule has 22 heavy (non-hydrogen) atoms. The molecule has 7 heteroatoms. The molecule has 0 saturated heterocycles. The highest BCUT2D eigenvalue weighted by atomic mass is 35.5. The first-order chi connectivity index (χ1) is 9.93. The fraction of sp³-hybridized carbons (Fsp3) is 0.400. The van der Waals surface area contributed by atoms with Crippen LogP contribution in [0.5, 0.6) is 0 Å². The standard InChI is InChI=1S/C15H21N5O.ClH/c1-11-13(9-14(21)17-15(2,3)10-16)18-19-20(11)12-7-5-4-6-8-12;/h4-8H,9-10,16H2,1-3H3,(H,17,21);1H. The summed E-state index contributed by atoms with van der Waals surface area (Å²) < 4.78 is 1.73. The van der Waals surface area contributed by atoms with Crippen LogP contribution in [0.1, 0.15) is 25.2 Å². The number of benzene rings is 1. The van der Waals surface area contributed by atoms with Gasteiger partial charge in [0.25, 0.3) is 0 Å². The van der Waals surface area contributed by atoms with Crippen molar-refractivity contribution in [1.82, 2.24) is 20.3 Å². The molecule has 1 amide bonds. The maximum Gasteiger partial charge on any atom is 0.226 e. The van der Waals surface area contributed by atoms with E-state index >= 15 is 0 Å². The van der Waals surface area contributed by atoms with Crippen LogP contribution in [-0.2, 0) is 11.2 Å². The molecular formula is C15H22ClN5O. The number of hydrogen-bond donors (Lipinski definition) is 2. The largest absolute Gasteiger partial charge is 0.350 e. The second-order valence-electron chi connectivity index (χ2n) is 5.68. The Labute approximate surface area is 136 Å². The van der Waals surface area contributed by atoms with Crippen LogP contribution in [0.4, 0.5) is 0 Å². The number of amides is 1. The second kappa shape index (κ2) is 7.38. The Bertz CT molecular complexity index is 624. The predicted octanol–water partition coefficient (Wildman–Crippen LogP) is 1.39. The van der Waals surface area contributed by atoms with Crippen molar-refractivity contribution in [3.05, 3.63) is 41.7 Å². The van der Waals surface area contributed by atoms with Gasteiger partial charge in [0, 0.05) is 12.1 Å². The normalized spacial score (nSPS) is 10.9. The Morgan fingerprint density at radius 2 is 1.95 bits per heavy atom. The van der Waals surface area contributed by atoms with Gasteiger partial charge in [-0.1, -0.05) is 23.4 Å². The summed E-state index contributed by atoms with van der Waals surface area (Å²) in [5.41, 5.74) is 7.66. The smallest absolute Gasteiger partial charge is 0.226 e. The maximum atomic E-state index is 12.0. The highest BCUT2D eigenvalue weighted by Gasteiger charge is 2.20. The lowest BCUT2D eigenvalue weighted by Gasteiger charge is -2.23. The van der Waals surface area contributed by atoms with Gasteiger partial charge in [0.05, 0.1) is 23.5 Å². The molecule has 0 unspecified atom stereocenters. The van der Waals surface area contributed by atoms with E-state index in [-0.39, 0.29) is 24.7 Å². The van der Waals surface area contributed by atoms with Gasteiger partial charge in [-0.25, -0.2) is 4.68 Å². The van der Waals surface area contributed by atoms with Crippen LogP contribution in [0.3, 0.4) is 0 Å². The number of nitrogens with zero attached hydrogens (tertiary/aromatic N) is 3. The number of hydrogen-bond acceptors (Lipinski definition) is 4. The van der Waals surface area contributed by atoms with E-state index in [9.17, 15) is 4.79 Å². The van der Waals surface area contributed by atoms with Crippen LogP contribution < -0.4 is 11.1 Å². The van der Waals surface area contributed by atoms with Crippen LogP contribution >= 0.6 is 12.4 Å². The van der Waals surface area contributed by atoms with Crippen molar-refractivity contribution in [3.63, 3.8) is 0 Å². The van der Waals surface area contributed by atoms with Crippen molar-refractivity contribution >= 4 is 18.3 Å². The number of carbonyl (C=O) groups excluding carboxylic acids is 1. The molecule has 1 aromatic carbocycles. The first-order valence-corrected chi connectivity index (χ1v) is 6.90. The average molecular weight is 324 g/mol. The molecule has 3 N–H and O–H groups in total. The van der Waals surface area contributed by atoms with Gasteiger partial charge in [-0.15, -0.1) is 17.5 Å². The minimum absolute atomic E-state index is 0. The average Bonchev–Trinajstić information content (AvgIpc) is 2.80. The van der Waals surface area contributed by atoms with Crippen molar-refractivity contribution in [2.45, 2.75) is 32.7 Å². The summed E-state index contributed by atoms with van der Waals surface area (Å²) in [6.45, 7) is 6.06. The van der Waals surface area contributed by atoms with E-state index in [2.05, 4.69) is 15.6 Å². The minimum Gasteiger partial charge on any atom is -0.350 e. The maximum absolute atomic E-state index is 12.0. The fourth-order valence-corrected chi connectivity index (χ4v) is 1.96. The first kappa shape index (κ1) is 18.1. The van der Waals surface area contributed by atoms with Crippen LogP contribution in [0.2, 0.25) is 0 Å². The van der Waals surface area contributed by atoms with E-state index in [4.69, 9.17) is 5.73 Å². The zero-order valence-corrected chi connectivity index (χ0v) is 13.9. The van der Waals surface area contributed by atoms with Gasteiger partial charge in [-0.2, -0.15) is 0 Å². The molecule has 0 bridgehead atoms. The predicted molar refractivity (Wildman–Crippen MR) is 88.3 cm³/mol. The molecule has 0 aliphatic rings. The summed E-state index contributed by atoms with van der Waals surface area (Å²) in [5, 5.41) is 11.1. The highest BCUT2D eigenvalue weighted by molar-refractivity contribution is 5.85. The van der Waals surface area contributed by atoms with Crippen LogP contribution in [0.15, 0.2) is 30.3 Å². The van der Waals surface area contributed by atoms with Crippen molar-refractivity contribution in [1.29, 1.82) is 0 Å². The minimum atomic E-state index is -0.416. The fourth-order valence-electron chi connectivity index (χ4n) is 1.96. The summed E-state index contributed by atoms with van der Waals surface area (Å²) in [6, 6.07) is 9.71. The number of carbonyl (C=O) groups is 1. The molecule has 1 heterocycles. The van der Waals surface area contributed by atoms with E-state index in [1.165, 1.54) is 0 Å². The number of halogens is 1. The molecule has 2 rings (SSSR count). The molecule has 0 fully saturated rings. The van der Waals surface area contributed by atoms with Gasteiger partial charge in [-0.3, -0.25) is 4.79 Å². The SMILES string of the molecule is Cc1c(CC(=O)NC(C)(C)CN)nnn1-c1ccccc1.Cl. The Balaban J connectivity index is 0.00000242. The van der Waals surface area contributed by atoms with Gasteiger partial charge in [0.15, 0.2) is 0 Å². The number of para-hydroxylation sites is 1. The number of rotatable bonds is 5. The third kappa shape index (κ3) is 4.29. The second-order valence-corrected chi connectivity index (χ2v) is 5.68. The van der Waals surface area contributed by atoms with Gasteiger partial charge in [0.1, 0.15) is 0 Å². The summed E-state index contributed by atoms with van der Waals surface area (Å²) in [7, 11) is 0. The van der Waals surface area contributed by atoms with E-state index in [1.54, 1.807) is 4.68 Å². The summed E-state index contributed by atoms with van der Waals surface area (Å²) in [5.74, 6) is -0.103. The lowest BCUT2D eigenvalue weighted by Crippen LogP contribution is -2.49. The first-order valence-electron chi connectivity index (χ1n) is 6.90. The lowest BCUT2D eigenvalue weighted by atomic mass is 10.1. The van der Waals surface area contributed by atoms with E-state index in [1.807, 2.05) is 51.1 Å². The molecule has 1 aromatic heterocycles. The molecular weight excluding hydrogens is 302 g/mol. The van der Waals surface area contributed by atoms with E-state index < -0.39 is 5.54 Å². The van der Waals surface area contributed by atoms with Gasteiger partial charge < -0.3 is 11.1 Å². The molecule has 120 valence electrons. The number of aromatic nitrogens is 3. The number of nitrogens with two attached hydrogens (primary N) is 1. The molecule has 0 spiro atoms. The quantitative estimate of drug-likeness (QED) is 0.870. The molecule has 0 aliphatic carbocycles. The Morgan fingerprint density at radius 3 is 2.55 bits per heavy atom. The zero-order valence-electron chi connectivity index (χ0n) is 13.0. The molecule has 0 atom stereocenters. The van der Waals surface area contributed by atoms with Crippen LogP contribution in [0.25, 0.3) is 5.69 Å². The van der Waals surface area contributed by atoms with Gasteiger partial charge in [-0.05, 0) is 32.9 Å². The van der Waals surface area contributed by atoms with Crippen molar-refractivity contribution < 1.29 is 4.79 Å². The molecule has 2 aromatic rings. The monoisotopic (exact) mass is 323 g/mol. The zero-order chi connectivity index (χ0) is 15.5. The lowest BCUT2D eigenvalue weighted by molar-refractivity contribution is -0.122. The van der Waals surface area contributed by atoms with E-state index in [0.717, 1.165) is 11.4 Å². The third-order valence-electron chi connectivity index (χ3n) is 3.31. The third-order valence-corrected chi connectivity index (χ3v) is 3.31. The van der Waals surface area contributed by atoms with Crippen LogP contribution in [-0.4, -0.2) is 33.0 Å². The molecule has 0 aliphatic heterocycles. The van der Waals surface area contributed by atoms with Gasteiger partial charge in [0.2, 0.25) is 5.91 Å². The van der Waals surface area contributed by atoms with Crippen molar-refractivity contribution in [3.8, 4) is 5.69 Å².